The Morgan fingerprint density at radius 3 is 2.31 bits per heavy atom. The first-order valence-electron chi connectivity index (χ1n) is 9.85. The number of sulfonamides is 1. The highest BCUT2D eigenvalue weighted by Gasteiger charge is 2.30. The van der Waals surface area contributed by atoms with Crippen LogP contribution in [0.4, 0.5) is 5.69 Å². The van der Waals surface area contributed by atoms with Crippen molar-refractivity contribution in [1.82, 2.24) is 10.2 Å². The molecule has 1 N–H and O–H groups in total. The van der Waals surface area contributed by atoms with Gasteiger partial charge in [0, 0.05) is 18.6 Å². The second kappa shape index (κ2) is 10.7. The summed E-state index contributed by atoms with van der Waals surface area (Å²) in [6, 6.07) is 11.1. The molecule has 0 saturated carbocycles. The first-order valence-corrected chi connectivity index (χ1v) is 12.1. The highest BCUT2D eigenvalue weighted by atomic mass is 35.5. The Morgan fingerprint density at radius 2 is 1.78 bits per heavy atom. The van der Waals surface area contributed by atoms with Crippen LogP contribution in [0.3, 0.4) is 0 Å². The number of nitrogens with zero attached hydrogens (tertiary/aromatic N) is 2. The Kier molecular flexibility index (Phi) is 8.51. The van der Waals surface area contributed by atoms with Crippen LogP contribution in [-0.2, 0) is 26.2 Å². The van der Waals surface area contributed by atoms with Gasteiger partial charge < -0.3 is 15.0 Å². The molecule has 0 spiro atoms. The summed E-state index contributed by atoms with van der Waals surface area (Å²) in [6.07, 6.45) is 1.02. The molecule has 0 heterocycles. The number of hydrogen-bond donors (Lipinski definition) is 1. The number of anilines is 1. The van der Waals surface area contributed by atoms with Gasteiger partial charge in [0.25, 0.3) is 0 Å². The Bertz CT molecular complexity index is 1070. The number of hydrogen-bond acceptors (Lipinski definition) is 5. The van der Waals surface area contributed by atoms with E-state index < -0.39 is 28.5 Å². The fourth-order valence-corrected chi connectivity index (χ4v) is 4.23. The zero-order chi connectivity index (χ0) is 24.1. The predicted molar refractivity (Wildman–Crippen MR) is 125 cm³/mol. The maximum absolute atomic E-state index is 13.3. The van der Waals surface area contributed by atoms with E-state index in [0.717, 1.165) is 16.1 Å². The van der Waals surface area contributed by atoms with Crippen LogP contribution in [0.15, 0.2) is 42.5 Å². The highest BCUT2D eigenvalue weighted by Crippen LogP contribution is 2.26. The Balaban J connectivity index is 2.41. The fraction of sp³-hybridized carbons (Fsp3) is 0.364. The molecule has 0 fully saturated rings. The average Bonchev–Trinajstić information content (AvgIpc) is 2.76. The van der Waals surface area contributed by atoms with Crippen LogP contribution in [0.2, 0.25) is 5.02 Å². The van der Waals surface area contributed by atoms with Gasteiger partial charge in [0.1, 0.15) is 18.3 Å². The molecule has 174 valence electrons. The first kappa shape index (κ1) is 25.5. The van der Waals surface area contributed by atoms with Crippen molar-refractivity contribution in [3.8, 4) is 5.75 Å². The topological polar surface area (TPSA) is 96.0 Å². The van der Waals surface area contributed by atoms with E-state index in [1.165, 1.54) is 18.0 Å². The molecule has 2 rings (SSSR count). The fourth-order valence-electron chi connectivity index (χ4n) is 3.17. The minimum absolute atomic E-state index is 0.115. The van der Waals surface area contributed by atoms with Gasteiger partial charge in [0.05, 0.1) is 19.1 Å². The van der Waals surface area contributed by atoms with Crippen molar-refractivity contribution in [2.75, 3.05) is 31.3 Å². The largest absolute Gasteiger partial charge is 0.497 e. The standard InChI is InChI=1S/C22H28ClN3O5S/c1-15-6-9-18(23)12-20(15)26(32(5,29)30)14-21(27)25(16(2)22(28)24-3)13-17-7-10-19(31-4)11-8-17/h6-12,16H,13-14H2,1-5H3,(H,24,28). The quantitative estimate of drug-likeness (QED) is 0.594. The molecule has 32 heavy (non-hydrogen) atoms. The van der Waals surface area contributed by atoms with Crippen molar-refractivity contribution in [3.05, 3.63) is 58.6 Å². The predicted octanol–water partition coefficient (Wildman–Crippen LogP) is 2.59. The van der Waals surface area contributed by atoms with Crippen LogP contribution < -0.4 is 14.4 Å². The molecule has 8 nitrogen and oxygen atoms in total. The Labute approximate surface area is 194 Å². The number of aryl methyl sites for hydroxylation is 1. The third kappa shape index (κ3) is 6.37. The molecule has 2 aromatic rings. The lowest BCUT2D eigenvalue weighted by molar-refractivity contribution is -0.139. The summed E-state index contributed by atoms with van der Waals surface area (Å²) in [5, 5.41) is 2.88. The van der Waals surface area contributed by atoms with E-state index in [9.17, 15) is 18.0 Å². The average molecular weight is 482 g/mol. The second-order valence-electron chi connectivity index (χ2n) is 7.36. The smallest absolute Gasteiger partial charge is 0.244 e. The van der Waals surface area contributed by atoms with E-state index in [0.29, 0.717) is 22.0 Å². The molecule has 10 heteroatoms. The third-order valence-electron chi connectivity index (χ3n) is 5.04. The van der Waals surface area contributed by atoms with E-state index in [-0.39, 0.29) is 12.5 Å². The molecule has 1 unspecified atom stereocenters. The molecule has 0 saturated heterocycles. The number of carbonyl (C=O) groups is 2. The van der Waals surface area contributed by atoms with Crippen molar-refractivity contribution in [1.29, 1.82) is 0 Å². The molecule has 0 radical (unpaired) electrons. The van der Waals surface area contributed by atoms with E-state index >= 15 is 0 Å². The van der Waals surface area contributed by atoms with E-state index in [2.05, 4.69) is 5.32 Å². The summed E-state index contributed by atoms with van der Waals surface area (Å²) in [5.41, 5.74) is 1.72. The number of halogens is 1. The van der Waals surface area contributed by atoms with Gasteiger partial charge in [-0.05, 0) is 49.2 Å². The molecule has 2 aromatic carbocycles. The molecule has 0 aliphatic heterocycles. The summed E-state index contributed by atoms with van der Waals surface area (Å²) in [5.74, 6) is -0.232. The van der Waals surface area contributed by atoms with Gasteiger partial charge in [0.2, 0.25) is 21.8 Å². The molecule has 0 aromatic heterocycles. The number of carbonyl (C=O) groups excluding carboxylic acids is 2. The monoisotopic (exact) mass is 481 g/mol. The van der Waals surface area contributed by atoms with E-state index in [1.807, 2.05) is 0 Å². The first-order chi connectivity index (χ1) is 15.0. The van der Waals surface area contributed by atoms with Gasteiger partial charge in [-0.25, -0.2) is 8.42 Å². The molecular weight excluding hydrogens is 454 g/mol. The van der Waals surface area contributed by atoms with Crippen molar-refractivity contribution >= 4 is 39.1 Å². The lowest BCUT2D eigenvalue weighted by Gasteiger charge is -2.31. The van der Waals surface area contributed by atoms with Crippen molar-refractivity contribution in [2.45, 2.75) is 26.4 Å². The maximum Gasteiger partial charge on any atom is 0.244 e. The highest BCUT2D eigenvalue weighted by molar-refractivity contribution is 7.92. The number of ether oxygens (including phenoxy) is 1. The molecule has 0 aliphatic rings. The second-order valence-corrected chi connectivity index (χ2v) is 9.70. The summed E-state index contributed by atoms with van der Waals surface area (Å²) >= 11 is 6.07. The molecule has 2 amide bonds. The minimum atomic E-state index is -3.81. The molecular formula is C22H28ClN3O5S. The lowest BCUT2D eigenvalue weighted by Crippen LogP contribution is -2.50. The minimum Gasteiger partial charge on any atom is -0.497 e. The molecule has 0 bridgehead atoms. The third-order valence-corrected chi connectivity index (χ3v) is 6.41. The number of nitrogens with one attached hydrogen (secondary N) is 1. The van der Waals surface area contributed by atoms with Crippen LogP contribution >= 0.6 is 11.6 Å². The lowest BCUT2D eigenvalue weighted by atomic mass is 10.1. The van der Waals surface area contributed by atoms with Gasteiger partial charge in [-0.3, -0.25) is 13.9 Å². The Hall–Kier alpha value is -2.78. The number of benzene rings is 2. The van der Waals surface area contributed by atoms with Crippen LogP contribution in [-0.4, -0.2) is 58.1 Å². The molecule has 0 aliphatic carbocycles. The van der Waals surface area contributed by atoms with Crippen LogP contribution in [0, 0.1) is 6.92 Å². The number of methoxy groups -OCH3 is 1. The van der Waals surface area contributed by atoms with Gasteiger partial charge in [-0.2, -0.15) is 0 Å². The van der Waals surface area contributed by atoms with Crippen molar-refractivity contribution < 1.29 is 22.7 Å². The van der Waals surface area contributed by atoms with E-state index in [1.54, 1.807) is 57.4 Å². The van der Waals surface area contributed by atoms with Crippen LogP contribution in [0.5, 0.6) is 5.75 Å². The zero-order valence-electron chi connectivity index (χ0n) is 18.8. The Morgan fingerprint density at radius 1 is 1.16 bits per heavy atom. The normalized spacial score (nSPS) is 12.1. The van der Waals surface area contributed by atoms with Gasteiger partial charge in [0.15, 0.2) is 0 Å². The summed E-state index contributed by atoms with van der Waals surface area (Å²) < 4.78 is 31.3. The van der Waals surface area contributed by atoms with Gasteiger partial charge in [-0.1, -0.05) is 29.8 Å². The maximum atomic E-state index is 13.3. The molecule has 1 atom stereocenters. The summed E-state index contributed by atoms with van der Waals surface area (Å²) in [6.45, 7) is 2.97. The number of likely N-dealkylation sites (N-methyl/N-ethyl adjacent to an activating group) is 1. The summed E-state index contributed by atoms with van der Waals surface area (Å²) in [4.78, 5) is 27.0. The zero-order valence-corrected chi connectivity index (χ0v) is 20.3. The van der Waals surface area contributed by atoms with Gasteiger partial charge in [-0.15, -0.1) is 0 Å². The SMILES string of the molecule is CNC(=O)C(C)N(Cc1ccc(OC)cc1)C(=O)CN(c1cc(Cl)ccc1C)S(C)(=O)=O. The van der Waals surface area contributed by atoms with E-state index in [4.69, 9.17) is 16.3 Å². The van der Waals surface area contributed by atoms with Crippen LogP contribution in [0.1, 0.15) is 18.1 Å². The number of rotatable bonds is 9. The van der Waals surface area contributed by atoms with Crippen molar-refractivity contribution in [2.24, 2.45) is 0 Å². The number of amides is 2. The summed E-state index contributed by atoms with van der Waals surface area (Å²) in [7, 11) is -0.778. The van der Waals surface area contributed by atoms with Crippen molar-refractivity contribution in [3.63, 3.8) is 0 Å². The van der Waals surface area contributed by atoms with Crippen LogP contribution in [0.25, 0.3) is 0 Å². The van der Waals surface area contributed by atoms with Gasteiger partial charge >= 0.3 is 0 Å².